The van der Waals surface area contributed by atoms with Gasteiger partial charge >= 0.3 is 0 Å². The molecule has 8 heteroatoms. The molecule has 1 aromatic carbocycles. The van der Waals surface area contributed by atoms with Crippen LogP contribution in [0.1, 0.15) is 50.1 Å². The zero-order chi connectivity index (χ0) is 20.6. The van der Waals surface area contributed by atoms with Crippen molar-refractivity contribution in [2.24, 2.45) is 5.41 Å². The third-order valence-corrected chi connectivity index (χ3v) is 5.36. The molecule has 1 aliphatic heterocycles. The highest BCUT2D eigenvalue weighted by molar-refractivity contribution is 6.04. The molecular weight excluding hydrogens is 368 g/mol. The summed E-state index contributed by atoms with van der Waals surface area (Å²) in [5.41, 5.74) is 0.856. The molecule has 4 rings (SSSR count). The number of carbonyl (C=O) groups excluding carboxylic acids is 2. The zero-order valence-corrected chi connectivity index (χ0v) is 17.0. The average molecular weight is 394 g/mol. The highest BCUT2D eigenvalue weighted by atomic mass is 16.2. The van der Waals surface area contributed by atoms with E-state index in [1.807, 2.05) is 60.7 Å². The molecule has 8 nitrogen and oxygen atoms in total. The Morgan fingerprint density at radius 3 is 2.59 bits per heavy atom. The molecule has 2 amide bonds. The molecule has 0 saturated carbocycles. The van der Waals surface area contributed by atoms with Crippen molar-refractivity contribution >= 4 is 28.5 Å². The maximum absolute atomic E-state index is 13.0. The van der Waals surface area contributed by atoms with E-state index < -0.39 is 5.41 Å². The number of para-hydroxylation sites is 1. The molecule has 0 radical (unpaired) electrons. The van der Waals surface area contributed by atoms with Gasteiger partial charge in [0, 0.05) is 30.0 Å². The average Bonchev–Trinajstić information content (AvgIpc) is 3.34. The predicted molar refractivity (Wildman–Crippen MR) is 111 cm³/mol. The first kappa shape index (κ1) is 19.2. The van der Waals surface area contributed by atoms with E-state index >= 15 is 0 Å². The number of nitrogens with one attached hydrogen (secondary N) is 2. The van der Waals surface area contributed by atoms with Gasteiger partial charge in [-0.15, -0.1) is 0 Å². The van der Waals surface area contributed by atoms with E-state index in [9.17, 15) is 9.59 Å². The Hall–Kier alpha value is -3.16. The molecule has 1 saturated heterocycles. The molecule has 0 bridgehead atoms. The number of benzene rings is 1. The van der Waals surface area contributed by atoms with E-state index in [1.54, 1.807) is 6.20 Å². The van der Waals surface area contributed by atoms with Gasteiger partial charge < -0.3 is 10.2 Å². The monoisotopic (exact) mass is 394 g/mol. The van der Waals surface area contributed by atoms with E-state index in [1.165, 1.54) is 0 Å². The van der Waals surface area contributed by atoms with Gasteiger partial charge in [0.15, 0.2) is 5.69 Å². The van der Waals surface area contributed by atoms with Crippen molar-refractivity contribution < 1.29 is 9.59 Å². The summed E-state index contributed by atoms with van der Waals surface area (Å²) in [4.78, 5) is 27.1. The second kappa shape index (κ2) is 7.35. The van der Waals surface area contributed by atoms with Crippen molar-refractivity contribution in [2.45, 2.75) is 39.7 Å². The summed E-state index contributed by atoms with van der Waals surface area (Å²) in [7, 11) is 0. The maximum atomic E-state index is 13.0. The van der Waals surface area contributed by atoms with Gasteiger partial charge in [0.25, 0.3) is 5.91 Å². The van der Waals surface area contributed by atoms with Crippen molar-refractivity contribution in [3.63, 3.8) is 0 Å². The number of anilines is 1. The Balaban J connectivity index is 1.43. The van der Waals surface area contributed by atoms with Crippen molar-refractivity contribution in [1.82, 2.24) is 24.9 Å². The van der Waals surface area contributed by atoms with Gasteiger partial charge in [0.05, 0.1) is 17.8 Å². The van der Waals surface area contributed by atoms with Gasteiger partial charge in [-0.3, -0.25) is 14.7 Å². The first-order valence-electron chi connectivity index (χ1n) is 9.92. The molecule has 0 spiro atoms. The van der Waals surface area contributed by atoms with Crippen LogP contribution in [-0.4, -0.2) is 49.8 Å². The lowest BCUT2D eigenvalue weighted by Gasteiger charge is -2.32. The van der Waals surface area contributed by atoms with Gasteiger partial charge in [-0.1, -0.05) is 39.0 Å². The molecule has 2 aromatic heterocycles. The minimum atomic E-state index is -0.475. The highest BCUT2D eigenvalue weighted by Crippen LogP contribution is 2.28. The summed E-state index contributed by atoms with van der Waals surface area (Å²) >= 11 is 0. The van der Waals surface area contributed by atoms with Gasteiger partial charge in [-0.25, -0.2) is 4.68 Å². The molecule has 1 aliphatic rings. The Morgan fingerprint density at radius 1 is 1.14 bits per heavy atom. The van der Waals surface area contributed by atoms with Crippen molar-refractivity contribution in [1.29, 1.82) is 0 Å². The molecule has 3 heterocycles. The Kier molecular flexibility index (Phi) is 4.86. The SMILES string of the molecule is CC(C)(C)C(=O)Nc1ccnn1C1CCN(C(=O)c2n[nH]c3ccccc23)CC1. The second-order valence-corrected chi connectivity index (χ2v) is 8.51. The fourth-order valence-corrected chi connectivity index (χ4v) is 3.60. The van der Waals surface area contributed by atoms with Crippen LogP contribution in [0.4, 0.5) is 5.82 Å². The summed E-state index contributed by atoms with van der Waals surface area (Å²) < 4.78 is 1.87. The van der Waals surface area contributed by atoms with Crippen LogP contribution in [0.25, 0.3) is 10.9 Å². The lowest BCUT2D eigenvalue weighted by atomic mass is 9.96. The minimum absolute atomic E-state index is 0.0442. The summed E-state index contributed by atoms with van der Waals surface area (Å²) in [5, 5.41) is 15.4. The van der Waals surface area contributed by atoms with E-state index in [4.69, 9.17) is 0 Å². The molecule has 2 N–H and O–H groups in total. The Labute approximate surface area is 169 Å². The number of rotatable bonds is 3. The lowest BCUT2D eigenvalue weighted by molar-refractivity contribution is -0.123. The fourth-order valence-electron chi connectivity index (χ4n) is 3.60. The van der Waals surface area contributed by atoms with Crippen molar-refractivity contribution in [3.8, 4) is 0 Å². The van der Waals surface area contributed by atoms with Gasteiger partial charge in [0.1, 0.15) is 5.82 Å². The molecule has 0 atom stereocenters. The number of likely N-dealkylation sites (tertiary alicyclic amines) is 1. The predicted octanol–water partition coefficient (Wildman–Crippen LogP) is 3.22. The summed E-state index contributed by atoms with van der Waals surface area (Å²) in [5.74, 6) is 0.605. The lowest BCUT2D eigenvalue weighted by Crippen LogP contribution is -2.40. The van der Waals surface area contributed by atoms with Crippen molar-refractivity contribution in [2.75, 3.05) is 18.4 Å². The van der Waals surface area contributed by atoms with Crippen LogP contribution in [0.2, 0.25) is 0 Å². The third-order valence-electron chi connectivity index (χ3n) is 5.36. The standard InChI is InChI=1S/C21H26N6O2/c1-21(2,3)20(29)23-17-8-11-22-27(17)14-9-12-26(13-10-14)19(28)18-15-6-4-5-7-16(15)24-25-18/h4-8,11,14H,9-10,12-13H2,1-3H3,(H,23,29)(H,24,25). The van der Waals surface area contributed by atoms with Crippen LogP contribution in [-0.2, 0) is 4.79 Å². The number of nitrogens with zero attached hydrogens (tertiary/aromatic N) is 4. The van der Waals surface area contributed by atoms with E-state index in [2.05, 4.69) is 20.6 Å². The van der Waals surface area contributed by atoms with Crippen LogP contribution >= 0.6 is 0 Å². The molecule has 1 fully saturated rings. The second-order valence-electron chi connectivity index (χ2n) is 8.51. The normalized spacial score (nSPS) is 15.6. The Morgan fingerprint density at radius 2 is 1.86 bits per heavy atom. The number of H-pyrrole nitrogens is 1. The van der Waals surface area contributed by atoms with Crippen LogP contribution in [0, 0.1) is 5.41 Å². The molecule has 0 unspecified atom stereocenters. The highest BCUT2D eigenvalue weighted by Gasteiger charge is 2.29. The number of hydrogen-bond donors (Lipinski definition) is 2. The number of fused-ring (bicyclic) bond motifs is 1. The number of piperidine rings is 1. The summed E-state index contributed by atoms with van der Waals surface area (Å²) in [6.07, 6.45) is 3.24. The van der Waals surface area contributed by atoms with E-state index in [0.717, 1.165) is 23.7 Å². The van der Waals surface area contributed by atoms with Gasteiger partial charge in [0.2, 0.25) is 5.91 Å². The first-order chi connectivity index (χ1) is 13.8. The first-order valence-corrected chi connectivity index (χ1v) is 9.92. The molecule has 0 aliphatic carbocycles. The van der Waals surface area contributed by atoms with Crippen LogP contribution < -0.4 is 5.32 Å². The van der Waals surface area contributed by atoms with Crippen molar-refractivity contribution in [3.05, 3.63) is 42.2 Å². The zero-order valence-electron chi connectivity index (χ0n) is 17.0. The fraction of sp³-hybridized carbons (Fsp3) is 0.429. The number of aromatic nitrogens is 4. The third kappa shape index (κ3) is 3.74. The molecule has 29 heavy (non-hydrogen) atoms. The Bertz CT molecular complexity index is 1040. The number of hydrogen-bond acceptors (Lipinski definition) is 4. The quantitative estimate of drug-likeness (QED) is 0.713. The molecule has 152 valence electrons. The number of aromatic amines is 1. The smallest absolute Gasteiger partial charge is 0.274 e. The largest absolute Gasteiger partial charge is 0.337 e. The summed E-state index contributed by atoms with van der Waals surface area (Å²) in [6, 6.07) is 9.60. The van der Waals surface area contributed by atoms with Crippen LogP contribution in [0.5, 0.6) is 0 Å². The minimum Gasteiger partial charge on any atom is -0.337 e. The van der Waals surface area contributed by atoms with Gasteiger partial charge in [-0.2, -0.15) is 10.2 Å². The maximum Gasteiger partial charge on any atom is 0.274 e. The van der Waals surface area contributed by atoms with E-state index in [-0.39, 0.29) is 17.9 Å². The number of carbonyl (C=O) groups is 2. The van der Waals surface area contributed by atoms with Gasteiger partial charge in [-0.05, 0) is 18.9 Å². The topological polar surface area (TPSA) is 95.9 Å². The summed E-state index contributed by atoms with van der Waals surface area (Å²) in [6.45, 7) is 6.89. The van der Waals surface area contributed by atoms with E-state index in [0.29, 0.717) is 24.6 Å². The number of amides is 2. The van der Waals surface area contributed by atoms with Crippen LogP contribution in [0.15, 0.2) is 36.5 Å². The van der Waals surface area contributed by atoms with Crippen LogP contribution in [0.3, 0.4) is 0 Å². The molecular formula is C21H26N6O2. The molecule has 3 aromatic rings.